The molecule has 17 rings (SSSR count). The zero-order valence-corrected chi connectivity index (χ0v) is 64.8. The van der Waals surface area contributed by atoms with Crippen molar-refractivity contribution < 1.29 is 24.2 Å². The summed E-state index contributed by atoms with van der Waals surface area (Å²) in [5, 5.41) is 33.5. The number of amides is 3. The third-order valence-electron chi connectivity index (χ3n) is 19.5. The molecule has 2 fully saturated rings. The minimum absolute atomic E-state index is 0.221. The molecule has 1 aliphatic heterocycles. The van der Waals surface area contributed by atoms with Gasteiger partial charge in [0.2, 0.25) is 0 Å². The van der Waals surface area contributed by atoms with E-state index in [4.69, 9.17) is 19.7 Å². The van der Waals surface area contributed by atoms with Crippen LogP contribution in [0.5, 0.6) is 0 Å². The van der Waals surface area contributed by atoms with Crippen LogP contribution in [0.2, 0.25) is 0 Å². The summed E-state index contributed by atoms with van der Waals surface area (Å²) < 4.78 is 14.7. The molecule has 0 bridgehead atoms. The van der Waals surface area contributed by atoms with Crippen molar-refractivity contribution in [1.82, 2.24) is 93.3 Å². The molecule has 10 heterocycles. The van der Waals surface area contributed by atoms with Crippen LogP contribution < -0.4 is 32.6 Å². The van der Waals surface area contributed by atoms with E-state index in [9.17, 15) is 33.9 Å². The molecule has 578 valence electrons. The number of morpholine rings is 1. The van der Waals surface area contributed by atoms with Gasteiger partial charge in [-0.25, -0.2) is 43.5 Å². The van der Waals surface area contributed by atoms with Crippen LogP contribution in [0.4, 0.5) is 0 Å². The Kier molecular flexibility index (Phi) is 21.9. The molecule has 0 radical (unpaired) electrons. The third kappa shape index (κ3) is 16.2. The fraction of sp³-hybridized carbons (Fsp3) is 0.225. The van der Waals surface area contributed by atoms with Crippen LogP contribution in [0.1, 0.15) is 148 Å². The first-order valence-corrected chi connectivity index (χ1v) is 37.9. The highest BCUT2D eigenvalue weighted by Crippen LogP contribution is 2.30. The van der Waals surface area contributed by atoms with E-state index in [1.807, 2.05) is 123 Å². The first kappa shape index (κ1) is 76.9. The lowest BCUT2D eigenvalue weighted by Crippen LogP contribution is -2.36. The van der Waals surface area contributed by atoms with Gasteiger partial charge in [-0.3, -0.25) is 47.4 Å². The average Bonchev–Trinajstić information content (AvgIpc) is 0.859. The summed E-state index contributed by atoms with van der Waals surface area (Å²) >= 11 is 0. The zero-order valence-electron chi connectivity index (χ0n) is 64.8. The zero-order chi connectivity index (χ0) is 80.9. The van der Waals surface area contributed by atoms with Gasteiger partial charge >= 0.3 is 0 Å². The van der Waals surface area contributed by atoms with E-state index in [-0.39, 0.29) is 34.4 Å². The van der Waals surface area contributed by atoms with Crippen LogP contribution in [0.25, 0.3) is 66.7 Å². The van der Waals surface area contributed by atoms with Gasteiger partial charge in [-0.05, 0) is 159 Å². The van der Waals surface area contributed by atoms with Crippen LogP contribution in [0.3, 0.4) is 0 Å². The first-order valence-electron chi connectivity index (χ1n) is 37.9. The van der Waals surface area contributed by atoms with E-state index < -0.39 is 23.7 Å². The SMILES string of the molecule is Cc1nn2cccnc2c1C(=O)N[C@@H](C)c1nc2cccc(C#CC(C)(C)O)c2c(=O)n1-c1ccccc1.Cc1nn2cccnc2c1C(=O)N[C@@H](C)c1nc2cccc(C#CC3CC3)c2c(=O)n1-c1ccccc1.Cc1nn2cccnc2c1C(=O)N[C@@H](C)c1nc2cccc(C#CCN3CCOCC3)c2c(=O)n1-c1ccccc1. The maximum absolute atomic E-state index is 14.2. The van der Waals surface area contributed by atoms with Gasteiger partial charge in [-0.15, -0.1) is 0 Å². The highest BCUT2D eigenvalue weighted by atomic mass is 16.5. The molecule has 27 heteroatoms. The van der Waals surface area contributed by atoms with Crippen molar-refractivity contribution in [2.45, 2.75) is 92.0 Å². The van der Waals surface area contributed by atoms with Gasteiger partial charge in [0.25, 0.3) is 34.4 Å². The average molecular weight is 1540 g/mol. The fourth-order valence-corrected chi connectivity index (χ4v) is 13.8. The van der Waals surface area contributed by atoms with Crippen molar-refractivity contribution >= 4 is 67.4 Å². The van der Waals surface area contributed by atoms with Gasteiger partial charge in [-0.1, -0.05) is 108 Å². The maximum Gasteiger partial charge on any atom is 0.267 e. The molecule has 1 aliphatic carbocycles. The summed E-state index contributed by atoms with van der Waals surface area (Å²) in [6, 6.07) is 47.4. The van der Waals surface area contributed by atoms with Crippen molar-refractivity contribution in [3.05, 3.63) is 300 Å². The topological polar surface area (TPSA) is 315 Å². The van der Waals surface area contributed by atoms with Crippen molar-refractivity contribution in [3.8, 4) is 52.6 Å². The lowest BCUT2D eigenvalue weighted by Gasteiger charge is -2.24. The number of aliphatic hydroxyl groups is 1. The van der Waals surface area contributed by atoms with Gasteiger partial charge < -0.3 is 25.8 Å². The number of hydrogen-bond acceptors (Lipinski definition) is 18. The Morgan fingerprint density at radius 1 is 0.474 bits per heavy atom. The summed E-state index contributed by atoms with van der Waals surface area (Å²) in [5.74, 6) is 19.1. The number of carbonyl (C=O) groups excluding carboxylic acids is 3. The smallest absolute Gasteiger partial charge is 0.267 e. The second-order valence-electron chi connectivity index (χ2n) is 28.6. The molecule has 116 heavy (non-hydrogen) atoms. The third-order valence-corrected chi connectivity index (χ3v) is 19.5. The normalized spacial score (nSPS) is 13.5. The molecule has 27 nitrogen and oxygen atoms in total. The second kappa shape index (κ2) is 33.1. The van der Waals surface area contributed by atoms with E-state index in [1.54, 1.807) is 156 Å². The number of rotatable bonds is 13. The van der Waals surface area contributed by atoms with Crippen LogP contribution in [0, 0.1) is 62.2 Å². The number of aryl methyl sites for hydroxylation is 3. The molecule has 0 unspecified atom stereocenters. The number of nitrogens with one attached hydrogen (secondary N) is 3. The lowest BCUT2D eigenvalue weighted by atomic mass is 10.1. The van der Waals surface area contributed by atoms with Gasteiger partial charge in [-0.2, -0.15) is 15.3 Å². The highest BCUT2D eigenvalue weighted by Gasteiger charge is 2.30. The predicted octanol–water partition coefficient (Wildman–Crippen LogP) is 10.3. The van der Waals surface area contributed by atoms with Crippen molar-refractivity contribution in [3.63, 3.8) is 0 Å². The van der Waals surface area contributed by atoms with Crippen LogP contribution >= 0.6 is 0 Å². The summed E-state index contributed by atoms with van der Waals surface area (Å²) in [6.45, 7) is 17.5. The first-order chi connectivity index (χ1) is 56.2. The number of aromatic nitrogens is 15. The molecule has 15 aromatic rings. The molecule has 4 N–H and O–H groups in total. The highest BCUT2D eigenvalue weighted by molar-refractivity contribution is 6.03. The van der Waals surface area contributed by atoms with Crippen molar-refractivity contribution in [1.29, 1.82) is 0 Å². The van der Waals surface area contributed by atoms with E-state index in [2.05, 4.69) is 86.6 Å². The molecule has 1 saturated carbocycles. The van der Waals surface area contributed by atoms with Crippen LogP contribution in [-0.2, 0) is 4.74 Å². The molecule has 3 amide bonds. The summed E-state index contributed by atoms with van der Waals surface area (Å²) in [7, 11) is 0. The molecule has 1 saturated heterocycles. The molecule has 2 aliphatic rings. The molecule has 9 aromatic heterocycles. The quantitative estimate of drug-likeness (QED) is 0.0780. The van der Waals surface area contributed by atoms with Crippen LogP contribution in [0.15, 0.2) is 215 Å². The minimum atomic E-state index is -1.22. The minimum Gasteiger partial charge on any atom is -0.379 e. The number of fused-ring (bicyclic) bond motifs is 6. The Bertz CT molecular complexity index is 6740. The molecule has 0 spiro atoms. The Morgan fingerprint density at radius 3 is 1.16 bits per heavy atom. The van der Waals surface area contributed by atoms with Crippen molar-refractivity contribution in [2.75, 3.05) is 32.8 Å². The number of hydrogen-bond donors (Lipinski definition) is 4. The Morgan fingerprint density at radius 2 is 0.819 bits per heavy atom. The predicted molar refractivity (Wildman–Crippen MR) is 440 cm³/mol. The van der Waals surface area contributed by atoms with Crippen molar-refractivity contribution in [2.24, 2.45) is 5.92 Å². The van der Waals surface area contributed by atoms with E-state index in [0.717, 1.165) is 25.9 Å². The standard InChI is InChI=1S/C31H29N7O3.C29H26N6O3.C29H24N6O2/c1-21-26(29-32-14-8-16-37(29)35-21)30(39)33-22(2)28-34-25-13-6-9-23(10-7-15-36-17-19-41-20-18-36)27(25)31(40)38(28)24-11-4-3-5-12-24;1-18-23(26-30-16-9-17-34(26)33-18)27(36)31-19(2)25-32-22-13-8-10-20(14-15-29(3,4)38)24(22)28(37)35(25)21-11-6-5-7-12-21;1-18-24(27-30-16-7-17-34(27)33-18)28(36)31-19(2)26-32-23-11-6-8-21(15-14-20-12-13-20)25(23)29(37)35(26)22-9-4-3-5-10-22/h3-6,8-9,11-14,16,22H,15,17-20H2,1-2H3,(H,33,39);5-13,16-17,19,38H,1-4H3,(H,31,36);3-11,16-17,19-20H,12-13H2,1-2H3,(H,31,36)/t22-;2*19-/m000/s1. The van der Waals surface area contributed by atoms with Gasteiger partial charge in [0.05, 0.1) is 105 Å². The summed E-state index contributed by atoms with van der Waals surface area (Å²) in [6.07, 6.45) is 12.3. The summed E-state index contributed by atoms with van der Waals surface area (Å²) in [4.78, 5) is 112. The monoisotopic (exact) mass is 1540 g/mol. The van der Waals surface area contributed by atoms with Gasteiger partial charge in [0.1, 0.15) is 39.8 Å². The Balaban J connectivity index is 0.000000137. The lowest BCUT2D eigenvalue weighted by molar-refractivity contribution is 0.0443. The van der Waals surface area contributed by atoms with Crippen LogP contribution in [-0.4, -0.2) is 139 Å². The van der Waals surface area contributed by atoms with Gasteiger partial charge in [0, 0.05) is 72.9 Å². The summed E-state index contributed by atoms with van der Waals surface area (Å²) in [5.41, 5.74) is 7.30. The molecular weight excluding hydrogens is 1460 g/mol. The Hall–Kier alpha value is -14.4. The molecule has 6 aromatic carbocycles. The van der Waals surface area contributed by atoms with E-state index in [1.165, 1.54) is 4.57 Å². The largest absolute Gasteiger partial charge is 0.379 e. The number of ether oxygens (including phenoxy) is 1. The van der Waals surface area contributed by atoms with E-state index >= 15 is 0 Å². The van der Waals surface area contributed by atoms with E-state index in [0.29, 0.717) is 160 Å². The fourth-order valence-electron chi connectivity index (χ4n) is 13.8. The maximum atomic E-state index is 14.2. The number of para-hydroxylation sites is 3. The molecule has 3 atom stereocenters. The Labute approximate surface area is 664 Å². The number of carbonyl (C=O) groups is 3. The molecular formula is C89H79N19O8. The second-order valence-corrected chi connectivity index (χ2v) is 28.6. The van der Waals surface area contributed by atoms with Gasteiger partial charge in [0.15, 0.2) is 16.9 Å². The number of benzene rings is 6. The number of nitrogens with zero attached hydrogens (tertiary/aromatic N) is 16.